The van der Waals surface area contributed by atoms with Crippen molar-refractivity contribution < 1.29 is 9.47 Å². The van der Waals surface area contributed by atoms with Gasteiger partial charge in [0.25, 0.3) is 0 Å². The summed E-state index contributed by atoms with van der Waals surface area (Å²) in [5.41, 5.74) is 7.27. The maximum Gasteiger partial charge on any atom is 0.123 e. The van der Waals surface area contributed by atoms with Crippen molar-refractivity contribution in [1.82, 2.24) is 0 Å². The molecule has 2 atom stereocenters. The first-order valence-electron chi connectivity index (χ1n) is 5.83. The van der Waals surface area contributed by atoms with Gasteiger partial charge in [-0.15, -0.1) is 0 Å². The molecule has 0 bridgehead atoms. The summed E-state index contributed by atoms with van der Waals surface area (Å²) in [5.74, 6) is 0.811. The molecule has 0 fully saturated rings. The van der Waals surface area contributed by atoms with Crippen molar-refractivity contribution in [3.63, 3.8) is 0 Å². The minimum absolute atomic E-state index is 0.0188. The van der Waals surface area contributed by atoms with Gasteiger partial charge in [0, 0.05) is 12.7 Å². The van der Waals surface area contributed by atoms with Crippen LogP contribution in [0.15, 0.2) is 24.3 Å². The molecule has 2 N–H and O–H groups in total. The molecule has 96 valence electrons. The van der Waals surface area contributed by atoms with Crippen LogP contribution in [0.3, 0.4) is 0 Å². The molecule has 0 amide bonds. The van der Waals surface area contributed by atoms with Crippen molar-refractivity contribution in [2.45, 2.75) is 32.9 Å². The second-order valence-corrected chi connectivity index (χ2v) is 5.29. The van der Waals surface area contributed by atoms with Crippen LogP contribution < -0.4 is 10.5 Å². The Bertz CT molecular complexity index is 357. The standard InChI is InChI=1S/C14H23NO2/c1-14(2,3)13(17-5)12(15)10-8-6-7-9-11(10)16-4/h6-9,12-13H,15H2,1-5H3. The van der Waals surface area contributed by atoms with Gasteiger partial charge in [-0.3, -0.25) is 0 Å². The Hall–Kier alpha value is -1.06. The summed E-state index contributed by atoms with van der Waals surface area (Å²) >= 11 is 0. The van der Waals surface area contributed by atoms with Gasteiger partial charge < -0.3 is 15.2 Å². The van der Waals surface area contributed by atoms with E-state index in [1.54, 1.807) is 14.2 Å². The summed E-state index contributed by atoms with van der Waals surface area (Å²) in [4.78, 5) is 0. The van der Waals surface area contributed by atoms with Crippen LogP contribution in [0.4, 0.5) is 0 Å². The Morgan fingerprint density at radius 1 is 1.12 bits per heavy atom. The Labute approximate surface area is 104 Å². The van der Waals surface area contributed by atoms with E-state index in [0.717, 1.165) is 11.3 Å². The molecule has 0 radical (unpaired) electrons. The normalized spacial score (nSPS) is 15.4. The fourth-order valence-corrected chi connectivity index (χ4v) is 2.14. The van der Waals surface area contributed by atoms with Crippen LogP contribution in [-0.2, 0) is 4.74 Å². The van der Waals surface area contributed by atoms with Crippen LogP contribution in [0.25, 0.3) is 0 Å². The van der Waals surface area contributed by atoms with Crippen LogP contribution in [0.5, 0.6) is 5.75 Å². The summed E-state index contributed by atoms with van der Waals surface area (Å²) < 4.78 is 10.9. The minimum atomic E-state index is -0.198. The van der Waals surface area contributed by atoms with Gasteiger partial charge in [-0.25, -0.2) is 0 Å². The molecule has 0 aliphatic heterocycles. The van der Waals surface area contributed by atoms with Crippen LogP contribution >= 0.6 is 0 Å². The molecule has 0 aromatic heterocycles. The quantitative estimate of drug-likeness (QED) is 0.875. The first-order valence-corrected chi connectivity index (χ1v) is 5.83. The van der Waals surface area contributed by atoms with E-state index in [1.165, 1.54) is 0 Å². The van der Waals surface area contributed by atoms with Crippen molar-refractivity contribution in [1.29, 1.82) is 0 Å². The highest BCUT2D eigenvalue weighted by Gasteiger charge is 2.32. The van der Waals surface area contributed by atoms with Crippen molar-refractivity contribution in [2.75, 3.05) is 14.2 Å². The Balaban J connectivity index is 3.06. The fourth-order valence-electron chi connectivity index (χ4n) is 2.14. The largest absolute Gasteiger partial charge is 0.496 e. The van der Waals surface area contributed by atoms with Gasteiger partial charge in [0.2, 0.25) is 0 Å². The zero-order valence-electron chi connectivity index (χ0n) is 11.4. The van der Waals surface area contributed by atoms with Gasteiger partial charge in [0.15, 0.2) is 0 Å². The Morgan fingerprint density at radius 2 is 1.71 bits per heavy atom. The zero-order chi connectivity index (χ0) is 13.1. The van der Waals surface area contributed by atoms with Crippen LogP contribution in [0, 0.1) is 5.41 Å². The Kier molecular flexibility index (Phi) is 4.54. The molecular formula is C14H23NO2. The summed E-state index contributed by atoms with van der Waals surface area (Å²) in [6.07, 6.45) is -0.0567. The first kappa shape index (κ1) is 14.0. The third-order valence-corrected chi connectivity index (χ3v) is 2.93. The highest BCUT2D eigenvalue weighted by molar-refractivity contribution is 5.36. The van der Waals surface area contributed by atoms with Crippen LogP contribution in [-0.4, -0.2) is 20.3 Å². The molecule has 17 heavy (non-hydrogen) atoms. The second kappa shape index (κ2) is 5.52. The summed E-state index contributed by atoms with van der Waals surface area (Å²) in [6, 6.07) is 7.61. The third kappa shape index (κ3) is 3.20. The highest BCUT2D eigenvalue weighted by Crippen LogP contribution is 2.34. The highest BCUT2D eigenvalue weighted by atomic mass is 16.5. The lowest BCUT2D eigenvalue weighted by atomic mass is 9.82. The molecular weight excluding hydrogens is 214 g/mol. The van der Waals surface area contributed by atoms with Crippen LogP contribution in [0.1, 0.15) is 32.4 Å². The molecule has 0 heterocycles. The zero-order valence-corrected chi connectivity index (χ0v) is 11.4. The molecule has 0 saturated carbocycles. The molecule has 2 unspecified atom stereocenters. The van der Waals surface area contributed by atoms with Crippen molar-refractivity contribution in [3.8, 4) is 5.75 Å². The number of hydrogen-bond donors (Lipinski definition) is 1. The lowest BCUT2D eigenvalue weighted by molar-refractivity contribution is -0.00288. The van der Waals surface area contributed by atoms with E-state index in [-0.39, 0.29) is 17.6 Å². The van der Waals surface area contributed by atoms with Gasteiger partial charge in [0.05, 0.1) is 19.3 Å². The SMILES string of the molecule is COc1ccccc1C(N)C(OC)C(C)(C)C. The fraction of sp³-hybridized carbons (Fsp3) is 0.571. The van der Waals surface area contributed by atoms with Gasteiger partial charge in [-0.2, -0.15) is 0 Å². The number of benzene rings is 1. The van der Waals surface area contributed by atoms with Crippen LogP contribution in [0.2, 0.25) is 0 Å². The topological polar surface area (TPSA) is 44.5 Å². The summed E-state index contributed by atoms with van der Waals surface area (Å²) in [6.45, 7) is 6.36. The predicted molar refractivity (Wildman–Crippen MR) is 70.2 cm³/mol. The number of ether oxygens (including phenoxy) is 2. The smallest absolute Gasteiger partial charge is 0.123 e. The van der Waals surface area contributed by atoms with E-state index in [9.17, 15) is 0 Å². The number of para-hydroxylation sites is 1. The maximum atomic E-state index is 6.31. The lowest BCUT2D eigenvalue weighted by Crippen LogP contribution is -2.38. The van der Waals surface area contributed by atoms with Gasteiger partial charge in [-0.05, 0) is 11.5 Å². The van der Waals surface area contributed by atoms with Crippen molar-refractivity contribution in [2.24, 2.45) is 11.1 Å². The summed E-state index contributed by atoms with van der Waals surface area (Å²) in [5, 5.41) is 0. The molecule has 1 aromatic carbocycles. The predicted octanol–water partition coefficient (Wildman–Crippen LogP) is 2.76. The monoisotopic (exact) mass is 237 g/mol. The van der Waals surface area contributed by atoms with E-state index in [1.807, 2.05) is 24.3 Å². The molecule has 3 nitrogen and oxygen atoms in total. The van der Waals surface area contributed by atoms with Crippen molar-refractivity contribution in [3.05, 3.63) is 29.8 Å². The molecule has 0 spiro atoms. The van der Waals surface area contributed by atoms with E-state index >= 15 is 0 Å². The molecule has 0 aliphatic carbocycles. The molecule has 3 heteroatoms. The summed E-state index contributed by atoms with van der Waals surface area (Å²) in [7, 11) is 3.36. The van der Waals surface area contributed by atoms with E-state index in [0.29, 0.717) is 0 Å². The van der Waals surface area contributed by atoms with E-state index < -0.39 is 0 Å². The third-order valence-electron chi connectivity index (χ3n) is 2.93. The number of rotatable bonds is 4. The van der Waals surface area contributed by atoms with E-state index in [4.69, 9.17) is 15.2 Å². The number of methoxy groups -OCH3 is 2. The lowest BCUT2D eigenvalue weighted by Gasteiger charge is -2.34. The van der Waals surface area contributed by atoms with Gasteiger partial charge in [-0.1, -0.05) is 39.0 Å². The molecule has 1 rings (SSSR count). The number of hydrogen-bond acceptors (Lipinski definition) is 3. The van der Waals surface area contributed by atoms with Gasteiger partial charge in [0.1, 0.15) is 5.75 Å². The minimum Gasteiger partial charge on any atom is -0.496 e. The number of nitrogens with two attached hydrogens (primary N) is 1. The molecule has 0 saturated heterocycles. The second-order valence-electron chi connectivity index (χ2n) is 5.29. The van der Waals surface area contributed by atoms with Crippen molar-refractivity contribution >= 4 is 0 Å². The van der Waals surface area contributed by atoms with Gasteiger partial charge >= 0.3 is 0 Å². The average Bonchev–Trinajstić information content (AvgIpc) is 2.27. The molecule has 1 aromatic rings. The average molecular weight is 237 g/mol. The molecule has 0 aliphatic rings. The first-order chi connectivity index (χ1) is 7.91. The van der Waals surface area contributed by atoms with E-state index in [2.05, 4.69) is 20.8 Å². The Morgan fingerprint density at radius 3 is 2.18 bits per heavy atom. The maximum absolute atomic E-state index is 6.31.